The van der Waals surface area contributed by atoms with Crippen molar-refractivity contribution in [2.45, 2.75) is 13.0 Å². The van der Waals surface area contributed by atoms with Crippen LogP contribution in [0.15, 0.2) is 65.7 Å². The lowest BCUT2D eigenvalue weighted by Crippen LogP contribution is -1.94. The Morgan fingerprint density at radius 1 is 1.00 bits per heavy atom. The van der Waals surface area contributed by atoms with Crippen LogP contribution < -0.4 is 4.74 Å². The zero-order valence-corrected chi connectivity index (χ0v) is 13.2. The second kappa shape index (κ2) is 6.53. The van der Waals surface area contributed by atoms with Crippen LogP contribution in [0.25, 0.3) is 10.8 Å². The van der Waals surface area contributed by atoms with Crippen molar-refractivity contribution in [2.24, 2.45) is 4.99 Å². The molecule has 0 heterocycles. The van der Waals surface area contributed by atoms with E-state index in [1.807, 2.05) is 30.3 Å². The van der Waals surface area contributed by atoms with E-state index in [-0.39, 0.29) is 11.8 Å². The van der Waals surface area contributed by atoms with Gasteiger partial charge in [-0.05, 0) is 35.4 Å². The zero-order chi connectivity index (χ0) is 16.2. The quantitative estimate of drug-likeness (QED) is 0.708. The topological polar surface area (TPSA) is 41.8 Å². The van der Waals surface area contributed by atoms with Crippen LogP contribution in [-0.4, -0.2) is 18.4 Å². The summed E-state index contributed by atoms with van der Waals surface area (Å²) in [5.74, 6) is 0.565. The fourth-order valence-electron chi connectivity index (χ4n) is 2.70. The van der Waals surface area contributed by atoms with Gasteiger partial charge in [0.05, 0.1) is 13.2 Å². The number of aromatic hydroxyl groups is 1. The first kappa shape index (κ1) is 15.1. The number of aliphatic imine (C=N–C) groups is 1. The van der Waals surface area contributed by atoms with E-state index >= 15 is 0 Å². The summed E-state index contributed by atoms with van der Waals surface area (Å²) in [7, 11) is 1.54. The molecular weight excluding hydrogens is 286 g/mol. The molecule has 0 aliphatic rings. The maximum absolute atomic E-state index is 10.1. The van der Waals surface area contributed by atoms with Gasteiger partial charge in [0.25, 0.3) is 0 Å². The highest BCUT2D eigenvalue weighted by Crippen LogP contribution is 2.30. The standard InChI is InChI=1S/C20H19NO2/c1-14(17-11-5-8-15-7-3-4-10-18(15)17)21-13-16-9-6-12-19(23-2)20(16)22/h3-14,22H,1-2H3/t14-/m1/s1. The number of ether oxygens (including phenoxy) is 1. The number of hydrogen-bond donors (Lipinski definition) is 1. The molecule has 116 valence electrons. The molecule has 23 heavy (non-hydrogen) atoms. The summed E-state index contributed by atoms with van der Waals surface area (Å²) in [5, 5.41) is 12.5. The Labute approximate surface area is 135 Å². The number of fused-ring (bicyclic) bond motifs is 1. The minimum atomic E-state index is -0.00768. The second-order valence-corrected chi connectivity index (χ2v) is 5.42. The van der Waals surface area contributed by atoms with Crippen molar-refractivity contribution in [3.8, 4) is 11.5 Å². The fourth-order valence-corrected chi connectivity index (χ4v) is 2.70. The molecule has 0 bridgehead atoms. The molecule has 0 spiro atoms. The maximum Gasteiger partial charge on any atom is 0.166 e. The molecule has 0 radical (unpaired) electrons. The number of benzene rings is 3. The van der Waals surface area contributed by atoms with Gasteiger partial charge in [-0.25, -0.2) is 0 Å². The summed E-state index contributed by atoms with van der Waals surface area (Å²) >= 11 is 0. The molecule has 0 saturated carbocycles. The third-order valence-electron chi connectivity index (χ3n) is 3.96. The minimum Gasteiger partial charge on any atom is -0.504 e. The van der Waals surface area contributed by atoms with E-state index in [1.165, 1.54) is 23.4 Å². The molecule has 1 N–H and O–H groups in total. The van der Waals surface area contributed by atoms with Gasteiger partial charge < -0.3 is 9.84 Å². The first-order chi connectivity index (χ1) is 11.2. The van der Waals surface area contributed by atoms with Gasteiger partial charge in [0.2, 0.25) is 0 Å². The molecule has 3 rings (SSSR count). The van der Waals surface area contributed by atoms with Gasteiger partial charge in [0, 0.05) is 11.8 Å². The smallest absolute Gasteiger partial charge is 0.166 e. The van der Waals surface area contributed by atoms with Gasteiger partial charge in [0.1, 0.15) is 0 Å². The van der Waals surface area contributed by atoms with Crippen molar-refractivity contribution in [3.05, 3.63) is 71.8 Å². The lowest BCUT2D eigenvalue weighted by Gasteiger charge is -2.11. The Bertz CT molecular complexity index is 850. The van der Waals surface area contributed by atoms with Crippen LogP contribution >= 0.6 is 0 Å². The maximum atomic E-state index is 10.1. The molecule has 0 amide bonds. The van der Waals surface area contributed by atoms with Gasteiger partial charge in [-0.1, -0.05) is 48.5 Å². The van der Waals surface area contributed by atoms with Crippen LogP contribution in [0.3, 0.4) is 0 Å². The molecular formula is C20H19NO2. The largest absolute Gasteiger partial charge is 0.504 e. The van der Waals surface area contributed by atoms with E-state index < -0.39 is 0 Å². The van der Waals surface area contributed by atoms with Crippen LogP contribution in [0.1, 0.15) is 24.1 Å². The summed E-state index contributed by atoms with van der Waals surface area (Å²) in [5.41, 5.74) is 1.82. The average molecular weight is 305 g/mol. The molecule has 0 aliphatic carbocycles. The first-order valence-corrected chi connectivity index (χ1v) is 7.57. The Kier molecular flexibility index (Phi) is 4.29. The van der Waals surface area contributed by atoms with Crippen LogP contribution in [0.5, 0.6) is 11.5 Å². The van der Waals surface area contributed by atoms with E-state index in [2.05, 4.69) is 36.2 Å². The number of phenolic OH excluding ortho intramolecular Hbond substituents is 1. The fraction of sp³-hybridized carbons (Fsp3) is 0.150. The van der Waals surface area contributed by atoms with E-state index in [4.69, 9.17) is 4.74 Å². The van der Waals surface area contributed by atoms with Crippen molar-refractivity contribution < 1.29 is 9.84 Å². The second-order valence-electron chi connectivity index (χ2n) is 5.42. The monoisotopic (exact) mass is 305 g/mol. The van der Waals surface area contributed by atoms with Crippen LogP contribution in [-0.2, 0) is 0 Å². The number of para-hydroxylation sites is 1. The highest BCUT2D eigenvalue weighted by Gasteiger charge is 2.09. The number of phenols is 1. The summed E-state index contributed by atoms with van der Waals surface area (Å²) < 4.78 is 5.12. The first-order valence-electron chi connectivity index (χ1n) is 7.57. The van der Waals surface area contributed by atoms with Crippen LogP contribution in [0.2, 0.25) is 0 Å². The zero-order valence-electron chi connectivity index (χ0n) is 13.2. The predicted molar refractivity (Wildman–Crippen MR) is 94.6 cm³/mol. The van der Waals surface area contributed by atoms with E-state index in [9.17, 15) is 5.11 Å². The predicted octanol–water partition coefficient (Wildman–Crippen LogP) is 4.73. The molecule has 3 nitrogen and oxygen atoms in total. The van der Waals surface area contributed by atoms with Gasteiger partial charge in [-0.2, -0.15) is 0 Å². The highest BCUT2D eigenvalue weighted by atomic mass is 16.5. The summed E-state index contributed by atoms with van der Waals surface area (Å²) in [6.07, 6.45) is 1.70. The molecule has 0 unspecified atom stereocenters. The Balaban J connectivity index is 1.93. The van der Waals surface area contributed by atoms with Gasteiger partial charge in [0.15, 0.2) is 11.5 Å². The SMILES string of the molecule is COc1cccc(C=N[C@H](C)c2cccc3ccccc23)c1O. The number of nitrogens with zero attached hydrogens (tertiary/aromatic N) is 1. The van der Waals surface area contributed by atoms with Crippen molar-refractivity contribution in [1.29, 1.82) is 0 Å². The minimum absolute atomic E-state index is 0.00768. The summed E-state index contributed by atoms with van der Waals surface area (Å²) in [6.45, 7) is 2.05. The van der Waals surface area contributed by atoms with Gasteiger partial charge >= 0.3 is 0 Å². The van der Waals surface area contributed by atoms with E-state index in [0.717, 1.165) is 0 Å². The third kappa shape index (κ3) is 3.04. The van der Waals surface area contributed by atoms with Gasteiger partial charge in [-0.15, -0.1) is 0 Å². The lowest BCUT2D eigenvalue weighted by molar-refractivity contribution is 0.373. The molecule has 1 atom stereocenters. The highest BCUT2D eigenvalue weighted by molar-refractivity contribution is 5.87. The van der Waals surface area contributed by atoms with Crippen LogP contribution in [0.4, 0.5) is 0 Å². The van der Waals surface area contributed by atoms with Crippen molar-refractivity contribution in [2.75, 3.05) is 7.11 Å². The Morgan fingerprint density at radius 3 is 2.57 bits per heavy atom. The number of rotatable bonds is 4. The molecule has 3 aromatic rings. The van der Waals surface area contributed by atoms with Crippen LogP contribution in [0, 0.1) is 0 Å². The summed E-state index contributed by atoms with van der Waals surface area (Å²) in [6, 6.07) is 19.9. The van der Waals surface area contributed by atoms with E-state index in [1.54, 1.807) is 12.3 Å². The Morgan fingerprint density at radius 2 is 1.74 bits per heavy atom. The molecule has 0 aromatic heterocycles. The molecule has 3 heteroatoms. The molecule has 0 aliphatic heterocycles. The normalized spacial score (nSPS) is 12.6. The third-order valence-corrected chi connectivity index (χ3v) is 3.96. The number of methoxy groups -OCH3 is 1. The number of hydrogen-bond acceptors (Lipinski definition) is 3. The van der Waals surface area contributed by atoms with Crippen molar-refractivity contribution in [1.82, 2.24) is 0 Å². The van der Waals surface area contributed by atoms with Crippen molar-refractivity contribution in [3.63, 3.8) is 0 Å². The lowest BCUT2D eigenvalue weighted by atomic mass is 10.00. The average Bonchev–Trinajstić information content (AvgIpc) is 2.60. The summed E-state index contributed by atoms with van der Waals surface area (Å²) in [4.78, 5) is 4.61. The Hall–Kier alpha value is -2.81. The molecule has 0 saturated heterocycles. The molecule has 0 fully saturated rings. The van der Waals surface area contributed by atoms with Crippen molar-refractivity contribution >= 4 is 17.0 Å². The van der Waals surface area contributed by atoms with E-state index in [0.29, 0.717) is 11.3 Å². The van der Waals surface area contributed by atoms with Gasteiger partial charge in [-0.3, -0.25) is 4.99 Å². The molecule has 3 aromatic carbocycles.